The van der Waals surface area contributed by atoms with Crippen molar-refractivity contribution in [1.29, 1.82) is 0 Å². The van der Waals surface area contributed by atoms with E-state index in [1.807, 2.05) is 17.0 Å². The lowest BCUT2D eigenvalue weighted by atomic mass is 10.2. The fourth-order valence-electron chi connectivity index (χ4n) is 2.75. The normalized spacial score (nSPS) is 16.1. The maximum atomic E-state index is 13.6. The fourth-order valence-corrected chi connectivity index (χ4v) is 3.88. The molecule has 0 radical (unpaired) electrons. The molecule has 1 N–H and O–H groups in total. The highest BCUT2D eigenvalue weighted by molar-refractivity contribution is 7.16. The SMILES string of the molecule is O=C(CN1CCN(Cc2ccc(Cl)s2)CC1)Nc1ccc(F)cc1F. The number of thiophene rings is 1. The van der Waals surface area contributed by atoms with Crippen LogP contribution in [0.3, 0.4) is 0 Å². The van der Waals surface area contributed by atoms with Gasteiger partial charge in [0.25, 0.3) is 0 Å². The number of piperazine rings is 1. The molecule has 0 unspecified atom stereocenters. The first-order valence-corrected chi connectivity index (χ1v) is 9.13. The van der Waals surface area contributed by atoms with Crippen molar-refractivity contribution in [1.82, 2.24) is 9.80 Å². The van der Waals surface area contributed by atoms with Crippen LogP contribution in [-0.4, -0.2) is 48.4 Å². The second kappa shape index (κ2) is 8.23. The number of rotatable bonds is 5. The molecular weight excluding hydrogens is 368 g/mol. The Hall–Kier alpha value is -1.54. The molecule has 2 aromatic rings. The number of halogens is 3. The number of anilines is 1. The summed E-state index contributed by atoms with van der Waals surface area (Å²) in [7, 11) is 0. The van der Waals surface area contributed by atoms with E-state index in [-0.39, 0.29) is 18.1 Å². The van der Waals surface area contributed by atoms with Crippen molar-refractivity contribution in [3.05, 3.63) is 51.2 Å². The number of carbonyl (C=O) groups excluding carboxylic acids is 1. The van der Waals surface area contributed by atoms with Crippen molar-refractivity contribution in [2.24, 2.45) is 0 Å². The molecule has 1 aromatic carbocycles. The summed E-state index contributed by atoms with van der Waals surface area (Å²) in [5, 5.41) is 2.49. The molecule has 0 saturated carbocycles. The third-order valence-corrected chi connectivity index (χ3v) is 5.26. The lowest BCUT2D eigenvalue weighted by Crippen LogP contribution is -2.48. The first-order valence-electron chi connectivity index (χ1n) is 7.93. The minimum absolute atomic E-state index is 0.000361. The highest BCUT2D eigenvalue weighted by atomic mass is 35.5. The number of nitrogens with one attached hydrogen (secondary N) is 1. The Bertz CT molecular complexity index is 747. The van der Waals surface area contributed by atoms with Crippen LogP contribution in [0.5, 0.6) is 0 Å². The Balaban J connectivity index is 1.44. The Morgan fingerprint density at radius 3 is 2.48 bits per heavy atom. The van der Waals surface area contributed by atoms with Gasteiger partial charge in [0.2, 0.25) is 5.91 Å². The number of benzene rings is 1. The summed E-state index contributed by atoms with van der Waals surface area (Å²) in [6.07, 6.45) is 0. The predicted molar refractivity (Wildman–Crippen MR) is 96.0 cm³/mol. The summed E-state index contributed by atoms with van der Waals surface area (Å²) in [4.78, 5) is 17.6. The Morgan fingerprint density at radius 2 is 1.84 bits per heavy atom. The van der Waals surface area contributed by atoms with E-state index in [2.05, 4.69) is 10.2 Å². The van der Waals surface area contributed by atoms with E-state index in [4.69, 9.17) is 11.6 Å². The van der Waals surface area contributed by atoms with Crippen molar-refractivity contribution in [2.75, 3.05) is 38.0 Å². The zero-order chi connectivity index (χ0) is 17.8. The molecule has 2 heterocycles. The lowest BCUT2D eigenvalue weighted by Gasteiger charge is -2.34. The van der Waals surface area contributed by atoms with Gasteiger partial charge < -0.3 is 5.32 Å². The number of amides is 1. The Labute approximate surface area is 154 Å². The molecule has 1 aromatic heterocycles. The number of nitrogens with zero attached hydrogens (tertiary/aromatic N) is 2. The van der Waals surface area contributed by atoms with Crippen LogP contribution in [-0.2, 0) is 11.3 Å². The van der Waals surface area contributed by atoms with Gasteiger partial charge in [0, 0.05) is 43.7 Å². The molecule has 0 spiro atoms. The van der Waals surface area contributed by atoms with Crippen molar-refractivity contribution in [3.8, 4) is 0 Å². The van der Waals surface area contributed by atoms with Gasteiger partial charge >= 0.3 is 0 Å². The molecule has 1 aliphatic heterocycles. The molecule has 8 heteroatoms. The molecular formula is C17H18ClF2N3OS. The van der Waals surface area contributed by atoms with E-state index in [1.54, 1.807) is 11.3 Å². The third-order valence-electron chi connectivity index (χ3n) is 4.05. The van der Waals surface area contributed by atoms with Crippen LogP contribution in [0.1, 0.15) is 4.88 Å². The van der Waals surface area contributed by atoms with Crippen LogP contribution in [0.2, 0.25) is 4.34 Å². The van der Waals surface area contributed by atoms with Crippen LogP contribution < -0.4 is 5.32 Å². The quantitative estimate of drug-likeness (QED) is 0.856. The fraction of sp³-hybridized carbons (Fsp3) is 0.353. The monoisotopic (exact) mass is 385 g/mol. The lowest BCUT2D eigenvalue weighted by molar-refractivity contribution is -0.117. The van der Waals surface area contributed by atoms with E-state index >= 15 is 0 Å². The standard InChI is InChI=1S/C17H18ClF2N3OS/c18-16-4-2-13(25-16)10-22-5-7-23(8-6-22)11-17(24)21-15-3-1-12(19)9-14(15)20/h1-4,9H,5-8,10-11H2,(H,21,24). The van der Waals surface area contributed by atoms with Gasteiger partial charge in [-0.25, -0.2) is 8.78 Å². The summed E-state index contributed by atoms with van der Waals surface area (Å²) < 4.78 is 27.2. The third kappa shape index (κ3) is 5.22. The number of carbonyl (C=O) groups is 1. The second-order valence-corrected chi connectivity index (χ2v) is 7.73. The average Bonchev–Trinajstić information content (AvgIpc) is 2.97. The van der Waals surface area contributed by atoms with Gasteiger partial charge in [-0.1, -0.05) is 11.6 Å². The summed E-state index contributed by atoms with van der Waals surface area (Å²) >= 11 is 7.52. The smallest absolute Gasteiger partial charge is 0.238 e. The van der Waals surface area contributed by atoms with Gasteiger partial charge in [-0.05, 0) is 24.3 Å². The molecule has 1 amide bonds. The Morgan fingerprint density at radius 1 is 1.12 bits per heavy atom. The minimum atomic E-state index is -0.771. The van der Waals surface area contributed by atoms with Crippen molar-refractivity contribution < 1.29 is 13.6 Å². The first-order chi connectivity index (χ1) is 12.0. The van der Waals surface area contributed by atoms with Crippen LogP contribution >= 0.6 is 22.9 Å². The first kappa shape index (κ1) is 18.3. The van der Waals surface area contributed by atoms with Crippen LogP contribution in [0.4, 0.5) is 14.5 Å². The van der Waals surface area contributed by atoms with Gasteiger partial charge in [-0.15, -0.1) is 11.3 Å². The molecule has 0 bridgehead atoms. The van der Waals surface area contributed by atoms with Crippen LogP contribution in [0.15, 0.2) is 30.3 Å². The molecule has 0 aliphatic carbocycles. The van der Waals surface area contributed by atoms with Gasteiger partial charge in [0.05, 0.1) is 16.6 Å². The molecule has 134 valence electrons. The summed E-state index contributed by atoms with van der Waals surface area (Å²) in [5.74, 6) is -1.74. The van der Waals surface area contributed by atoms with E-state index in [1.165, 1.54) is 10.9 Å². The zero-order valence-electron chi connectivity index (χ0n) is 13.5. The van der Waals surface area contributed by atoms with Crippen LogP contribution in [0, 0.1) is 11.6 Å². The van der Waals surface area contributed by atoms with Gasteiger partial charge in [0.15, 0.2) is 0 Å². The molecule has 0 atom stereocenters. The van der Waals surface area contributed by atoms with Crippen LogP contribution in [0.25, 0.3) is 0 Å². The topological polar surface area (TPSA) is 35.6 Å². The van der Waals surface area contributed by atoms with E-state index < -0.39 is 11.6 Å². The van der Waals surface area contributed by atoms with Gasteiger partial charge in [-0.3, -0.25) is 14.6 Å². The molecule has 4 nitrogen and oxygen atoms in total. The van der Waals surface area contributed by atoms with Gasteiger partial charge in [0.1, 0.15) is 11.6 Å². The summed E-state index contributed by atoms with van der Waals surface area (Å²) in [6.45, 7) is 4.28. The predicted octanol–water partition coefficient (Wildman–Crippen LogP) is 3.44. The molecule has 1 aliphatic rings. The van der Waals surface area contributed by atoms with E-state index in [0.717, 1.165) is 49.2 Å². The van der Waals surface area contributed by atoms with E-state index in [0.29, 0.717) is 0 Å². The van der Waals surface area contributed by atoms with E-state index in [9.17, 15) is 13.6 Å². The molecule has 25 heavy (non-hydrogen) atoms. The summed E-state index contributed by atoms with van der Waals surface area (Å²) in [6, 6.07) is 7.03. The maximum absolute atomic E-state index is 13.6. The summed E-state index contributed by atoms with van der Waals surface area (Å²) in [5.41, 5.74) is -0.000361. The average molecular weight is 386 g/mol. The largest absolute Gasteiger partial charge is 0.322 e. The molecule has 1 saturated heterocycles. The molecule has 3 rings (SSSR count). The number of hydrogen-bond donors (Lipinski definition) is 1. The highest BCUT2D eigenvalue weighted by Gasteiger charge is 2.20. The number of hydrogen-bond acceptors (Lipinski definition) is 4. The molecule has 1 fully saturated rings. The van der Waals surface area contributed by atoms with Crippen molar-refractivity contribution in [3.63, 3.8) is 0 Å². The Kier molecular flexibility index (Phi) is 6.01. The highest BCUT2D eigenvalue weighted by Crippen LogP contribution is 2.23. The zero-order valence-corrected chi connectivity index (χ0v) is 15.0. The van der Waals surface area contributed by atoms with Crippen molar-refractivity contribution >= 4 is 34.5 Å². The van der Waals surface area contributed by atoms with Crippen molar-refractivity contribution in [2.45, 2.75) is 6.54 Å². The minimum Gasteiger partial charge on any atom is -0.322 e. The van der Waals surface area contributed by atoms with Gasteiger partial charge in [-0.2, -0.15) is 0 Å². The second-order valence-electron chi connectivity index (χ2n) is 5.93. The maximum Gasteiger partial charge on any atom is 0.238 e.